The SMILES string of the molecule is c1ccc(CN2CC3CSCC(C2)C32SCCS2)cc1. The van der Waals surface area contributed by atoms with Gasteiger partial charge in [0.25, 0.3) is 0 Å². The number of nitrogens with zero attached hydrogens (tertiary/aromatic N) is 1. The molecule has 3 aliphatic heterocycles. The van der Waals surface area contributed by atoms with Gasteiger partial charge in [-0.3, -0.25) is 4.90 Å². The van der Waals surface area contributed by atoms with Crippen LogP contribution in [-0.2, 0) is 6.54 Å². The summed E-state index contributed by atoms with van der Waals surface area (Å²) in [6.07, 6.45) is 0. The number of piperidine rings is 1. The predicted molar refractivity (Wildman–Crippen MR) is 93.7 cm³/mol. The van der Waals surface area contributed by atoms with E-state index in [1.807, 2.05) is 0 Å². The van der Waals surface area contributed by atoms with Gasteiger partial charge < -0.3 is 0 Å². The lowest BCUT2D eigenvalue weighted by Gasteiger charge is -2.53. The van der Waals surface area contributed by atoms with E-state index in [2.05, 4.69) is 70.5 Å². The summed E-state index contributed by atoms with van der Waals surface area (Å²) in [6.45, 7) is 3.75. The minimum absolute atomic E-state index is 0.582. The third kappa shape index (κ3) is 2.43. The van der Waals surface area contributed by atoms with Crippen LogP contribution in [0.15, 0.2) is 30.3 Å². The molecule has 0 radical (unpaired) electrons. The Kier molecular flexibility index (Phi) is 4.01. The molecule has 1 aromatic rings. The van der Waals surface area contributed by atoms with Crippen LogP contribution in [0.5, 0.6) is 0 Å². The van der Waals surface area contributed by atoms with Gasteiger partial charge in [-0.2, -0.15) is 11.8 Å². The lowest BCUT2D eigenvalue weighted by atomic mass is 9.89. The second kappa shape index (κ2) is 5.79. The molecule has 0 saturated carbocycles. The fourth-order valence-electron chi connectivity index (χ4n) is 3.86. The van der Waals surface area contributed by atoms with E-state index in [1.165, 1.54) is 41.7 Å². The molecule has 3 saturated heterocycles. The minimum atomic E-state index is 0.582. The summed E-state index contributed by atoms with van der Waals surface area (Å²) in [5.74, 6) is 7.29. The Bertz CT molecular complexity index is 442. The first-order valence-corrected chi connectivity index (χ1v) is 10.6. The fraction of sp³-hybridized carbons (Fsp3) is 0.625. The highest BCUT2D eigenvalue weighted by Gasteiger charge is 2.54. The van der Waals surface area contributed by atoms with Gasteiger partial charge in [0.2, 0.25) is 0 Å². The monoisotopic (exact) mass is 323 g/mol. The first-order valence-electron chi connectivity index (χ1n) is 7.49. The van der Waals surface area contributed by atoms with E-state index in [4.69, 9.17) is 0 Å². The molecule has 0 aliphatic carbocycles. The van der Waals surface area contributed by atoms with Crippen LogP contribution in [0, 0.1) is 11.8 Å². The summed E-state index contributed by atoms with van der Waals surface area (Å²) in [5.41, 5.74) is 1.47. The van der Waals surface area contributed by atoms with Crippen molar-refractivity contribution in [3.05, 3.63) is 35.9 Å². The van der Waals surface area contributed by atoms with Crippen LogP contribution in [0.2, 0.25) is 0 Å². The molecule has 1 nitrogen and oxygen atoms in total. The number of rotatable bonds is 2. The van der Waals surface area contributed by atoms with Gasteiger partial charge in [-0.05, 0) is 17.1 Å². The van der Waals surface area contributed by atoms with Crippen LogP contribution >= 0.6 is 35.3 Å². The van der Waals surface area contributed by atoms with Crippen LogP contribution in [0.4, 0.5) is 0 Å². The van der Waals surface area contributed by atoms with Gasteiger partial charge >= 0.3 is 0 Å². The molecular formula is C16H21NS3. The lowest BCUT2D eigenvalue weighted by molar-refractivity contribution is 0.129. The molecule has 108 valence electrons. The molecule has 4 rings (SSSR count). The highest BCUT2D eigenvalue weighted by atomic mass is 32.2. The normalized spacial score (nSPS) is 32.6. The molecule has 3 fully saturated rings. The Morgan fingerprint density at radius 1 is 1.00 bits per heavy atom. The highest BCUT2D eigenvalue weighted by Crippen LogP contribution is 2.59. The summed E-state index contributed by atoms with van der Waals surface area (Å²) in [7, 11) is 0. The molecule has 3 aliphatic rings. The molecule has 2 bridgehead atoms. The molecule has 1 aromatic carbocycles. The zero-order valence-electron chi connectivity index (χ0n) is 11.7. The zero-order chi connectivity index (χ0) is 13.4. The van der Waals surface area contributed by atoms with E-state index in [1.54, 1.807) is 0 Å². The van der Waals surface area contributed by atoms with E-state index in [-0.39, 0.29) is 0 Å². The number of hydrogen-bond acceptors (Lipinski definition) is 4. The van der Waals surface area contributed by atoms with E-state index in [9.17, 15) is 0 Å². The summed E-state index contributed by atoms with van der Waals surface area (Å²) in [4.78, 5) is 2.72. The number of thioether (sulfide) groups is 3. The Hall–Kier alpha value is 0.230. The van der Waals surface area contributed by atoms with E-state index in [0.717, 1.165) is 18.4 Å². The maximum Gasteiger partial charge on any atom is 0.0707 e. The topological polar surface area (TPSA) is 3.24 Å². The number of likely N-dealkylation sites (tertiary alicyclic amines) is 1. The Labute approximate surface area is 134 Å². The van der Waals surface area contributed by atoms with Crippen LogP contribution < -0.4 is 0 Å². The molecule has 20 heavy (non-hydrogen) atoms. The Morgan fingerprint density at radius 2 is 1.65 bits per heavy atom. The van der Waals surface area contributed by atoms with Crippen LogP contribution in [0.1, 0.15) is 5.56 Å². The van der Waals surface area contributed by atoms with Gasteiger partial charge in [-0.25, -0.2) is 0 Å². The summed E-state index contributed by atoms with van der Waals surface area (Å²) in [6, 6.07) is 11.0. The first kappa shape index (κ1) is 13.9. The van der Waals surface area contributed by atoms with Gasteiger partial charge in [0, 0.05) is 43.0 Å². The average molecular weight is 324 g/mol. The van der Waals surface area contributed by atoms with Crippen molar-refractivity contribution in [2.45, 2.75) is 10.6 Å². The van der Waals surface area contributed by atoms with E-state index in [0.29, 0.717) is 4.08 Å². The molecule has 2 unspecified atom stereocenters. The molecular weight excluding hydrogens is 302 g/mol. The average Bonchev–Trinajstić information content (AvgIpc) is 2.91. The van der Waals surface area contributed by atoms with Gasteiger partial charge in [-0.1, -0.05) is 30.3 Å². The Balaban J connectivity index is 1.51. The summed E-state index contributed by atoms with van der Waals surface area (Å²) < 4.78 is 0.582. The van der Waals surface area contributed by atoms with Crippen LogP contribution in [0.25, 0.3) is 0 Å². The van der Waals surface area contributed by atoms with Crippen molar-refractivity contribution in [2.75, 3.05) is 36.1 Å². The van der Waals surface area contributed by atoms with Crippen molar-refractivity contribution >= 4 is 35.3 Å². The predicted octanol–water partition coefficient (Wildman–Crippen LogP) is 3.66. The molecule has 0 N–H and O–H groups in total. The first-order chi connectivity index (χ1) is 9.87. The summed E-state index contributed by atoms with van der Waals surface area (Å²) >= 11 is 6.78. The molecule has 4 heteroatoms. The fourth-order valence-corrected chi connectivity index (χ4v) is 9.44. The lowest BCUT2D eigenvalue weighted by Crippen LogP contribution is -2.57. The van der Waals surface area contributed by atoms with Crippen molar-refractivity contribution in [2.24, 2.45) is 11.8 Å². The van der Waals surface area contributed by atoms with Crippen molar-refractivity contribution in [3.8, 4) is 0 Å². The van der Waals surface area contributed by atoms with Crippen LogP contribution in [-0.4, -0.2) is 45.1 Å². The van der Waals surface area contributed by atoms with Crippen molar-refractivity contribution < 1.29 is 0 Å². The van der Waals surface area contributed by atoms with E-state index < -0.39 is 0 Å². The molecule has 1 spiro atoms. The third-order valence-electron chi connectivity index (χ3n) is 4.72. The van der Waals surface area contributed by atoms with Gasteiger partial charge in [0.05, 0.1) is 4.08 Å². The van der Waals surface area contributed by atoms with Crippen molar-refractivity contribution in [1.82, 2.24) is 4.90 Å². The molecule has 3 heterocycles. The third-order valence-corrected chi connectivity index (χ3v) is 10.0. The molecule has 0 aromatic heterocycles. The van der Waals surface area contributed by atoms with Crippen molar-refractivity contribution in [1.29, 1.82) is 0 Å². The van der Waals surface area contributed by atoms with E-state index >= 15 is 0 Å². The highest BCUT2D eigenvalue weighted by molar-refractivity contribution is 8.21. The van der Waals surface area contributed by atoms with Gasteiger partial charge in [0.1, 0.15) is 0 Å². The zero-order valence-corrected chi connectivity index (χ0v) is 14.1. The Morgan fingerprint density at radius 3 is 2.30 bits per heavy atom. The second-order valence-corrected chi connectivity index (χ2v) is 10.1. The smallest absolute Gasteiger partial charge is 0.0707 e. The second-order valence-electron chi connectivity index (χ2n) is 6.03. The summed E-state index contributed by atoms with van der Waals surface area (Å²) in [5, 5.41) is 0. The minimum Gasteiger partial charge on any atom is -0.298 e. The standard InChI is InChI=1S/C16H21NS3/c1-2-4-13(5-3-1)8-17-9-14-11-18-12-15(10-17)16(14)19-6-7-20-16/h1-5,14-15H,6-12H2. The number of hydrogen-bond donors (Lipinski definition) is 0. The van der Waals surface area contributed by atoms with Gasteiger partial charge in [0.15, 0.2) is 0 Å². The maximum atomic E-state index is 2.72. The van der Waals surface area contributed by atoms with Crippen molar-refractivity contribution in [3.63, 3.8) is 0 Å². The quantitative estimate of drug-likeness (QED) is 0.817. The number of benzene rings is 1. The largest absolute Gasteiger partial charge is 0.298 e. The van der Waals surface area contributed by atoms with Crippen LogP contribution in [0.3, 0.4) is 0 Å². The molecule has 2 atom stereocenters. The molecule has 0 amide bonds. The maximum absolute atomic E-state index is 2.72. The van der Waals surface area contributed by atoms with Gasteiger partial charge in [-0.15, -0.1) is 23.5 Å².